The molecule has 1 aliphatic heterocycles. The zero-order valence-electron chi connectivity index (χ0n) is 16.9. The van der Waals surface area contributed by atoms with Crippen LogP contribution < -0.4 is 4.90 Å². The van der Waals surface area contributed by atoms with Crippen molar-refractivity contribution >= 4 is 27.9 Å². The molecule has 1 aliphatic rings. The molecule has 9 nitrogen and oxygen atoms in total. The summed E-state index contributed by atoms with van der Waals surface area (Å²) in [5, 5.41) is 1.98. The summed E-state index contributed by atoms with van der Waals surface area (Å²) in [7, 11) is 0. The molecule has 0 radical (unpaired) electrons. The number of fused-ring (bicyclic) bond motifs is 2. The first kappa shape index (κ1) is 18.0. The smallest absolute Gasteiger partial charge is 0.164 e. The first-order chi connectivity index (χ1) is 15.3. The summed E-state index contributed by atoms with van der Waals surface area (Å²) in [6, 6.07) is 6.24. The molecule has 5 aromatic heterocycles. The van der Waals surface area contributed by atoms with Crippen molar-refractivity contribution in [3.8, 4) is 17.1 Å². The van der Waals surface area contributed by atoms with Crippen LogP contribution in [-0.4, -0.2) is 60.3 Å². The van der Waals surface area contributed by atoms with Gasteiger partial charge in [-0.05, 0) is 25.1 Å². The number of morpholine rings is 1. The van der Waals surface area contributed by atoms with Crippen molar-refractivity contribution < 1.29 is 4.74 Å². The standard InChI is InChI=1S/C22H20N8O/c1-14-12-31-9-8-29(14)21-18-4-7-30(15-10-23-13-24-11-15)22(18)28-20(27-21)17-3-6-26-19-16(17)2-5-25-19/h2-7,10-11,13-14H,8-9,12H2,1H3,(H,25,26). The third kappa shape index (κ3) is 2.93. The van der Waals surface area contributed by atoms with Crippen molar-refractivity contribution in [3.63, 3.8) is 0 Å². The molecule has 31 heavy (non-hydrogen) atoms. The minimum absolute atomic E-state index is 0.216. The maximum atomic E-state index is 5.66. The number of hydrogen-bond donors (Lipinski definition) is 1. The third-order valence-corrected chi connectivity index (χ3v) is 5.69. The minimum atomic E-state index is 0.216. The second-order valence-electron chi connectivity index (χ2n) is 7.61. The van der Waals surface area contributed by atoms with Gasteiger partial charge in [0.1, 0.15) is 17.8 Å². The summed E-state index contributed by atoms with van der Waals surface area (Å²) in [6.07, 6.45) is 10.7. The van der Waals surface area contributed by atoms with Crippen molar-refractivity contribution in [1.82, 2.24) is 34.5 Å². The van der Waals surface area contributed by atoms with E-state index in [9.17, 15) is 0 Å². The van der Waals surface area contributed by atoms with E-state index in [2.05, 4.69) is 37.8 Å². The summed E-state index contributed by atoms with van der Waals surface area (Å²) in [6.45, 7) is 4.29. The van der Waals surface area contributed by atoms with Crippen LogP contribution in [0.1, 0.15) is 6.92 Å². The monoisotopic (exact) mass is 412 g/mol. The average Bonchev–Trinajstić information content (AvgIpc) is 3.46. The van der Waals surface area contributed by atoms with Gasteiger partial charge in [-0.25, -0.2) is 24.9 Å². The van der Waals surface area contributed by atoms with E-state index in [0.717, 1.165) is 45.7 Å². The van der Waals surface area contributed by atoms with Gasteiger partial charge >= 0.3 is 0 Å². The molecule has 1 atom stereocenters. The summed E-state index contributed by atoms with van der Waals surface area (Å²) >= 11 is 0. The molecule has 1 fully saturated rings. The number of nitrogens with one attached hydrogen (secondary N) is 1. The number of rotatable bonds is 3. The van der Waals surface area contributed by atoms with E-state index >= 15 is 0 Å². The van der Waals surface area contributed by atoms with E-state index < -0.39 is 0 Å². The van der Waals surface area contributed by atoms with Crippen LogP contribution in [0.15, 0.2) is 55.5 Å². The lowest BCUT2D eigenvalue weighted by molar-refractivity contribution is 0.0987. The van der Waals surface area contributed by atoms with Gasteiger partial charge in [0.2, 0.25) is 0 Å². The molecular weight excluding hydrogens is 392 g/mol. The number of anilines is 1. The molecule has 0 aromatic carbocycles. The first-order valence-electron chi connectivity index (χ1n) is 10.2. The van der Waals surface area contributed by atoms with Gasteiger partial charge in [0.05, 0.1) is 42.7 Å². The number of aromatic nitrogens is 7. The topological polar surface area (TPSA) is 97.6 Å². The first-order valence-corrected chi connectivity index (χ1v) is 10.2. The maximum Gasteiger partial charge on any atom is 0.164 e. The molecular formula is C22H20N8O. The largest absolute Gasteiger partial charge is 0.377 e. The highest BCUT2D eigenvalue weighted by molar-refractivity contribution is 5.95. The van der Waals surface area contributed by atoms with Gasteiger partial charge in [0.15, 0.2) is 11.5 Å². The van der Waals surface area contributed by atoms with E-state index in [0.29, 0.717) is 19.0 Å². The fraction of sp³-hybridized carbons (Fsp3) is 0.227. The summed E-state index contributed by atoms with van der Waals surface area (Å²) < 4.78 is 7.67. The van der Waals surface area contributed by atoms with Gasteiger partial charge in [0.25, 0.3) is 0 Å². The number of aromatic amines is 1. The third-order valence-electron chi connectivity index (χ3n) is 5.69. The van der Waals surface area contributed by atoms with Crippen molar-refractivity contribution in [2.45, 2.75) is 13.0 Å². The predicted octanol–water partition coefficient (Wildman–Crippen LogP) is 2.98. The molecule has 6 heterocycles. The normalized spacial score (nSPS) is 16.9. The van der Waals surface area contributed by atoms with E-state index in [1.54, 1.807) is 18.6 Å². The van der Waals surface area contributed by atoms with Crippen LogP contribution in [-0.2, 0) is 4.74 Å². The number of pyridine rings is 1. The molecule has 154 valence electrons. The van der Waals surface area contributed by atoms with Crippen LogP contribution in [0.2, 0.25) is 0 Å². The Hall–Kier alpha value is -3.85. The average molecular weight is 412 g/mol. The summed E-state index contributed by atoms with van der Waals surface area (Å²) in [5.74, 6) is 1.57. The molecule has 6 rings (SSSR count). The van der Waals surface area contributed by atoms with Crippen molar-refractivity contribution in [1.29, 1.82) is 0 Å². The second-order valence-corrected chi connectivity index (χ2v) is 7.61. The fourth-order valence-electron chi connectivity index (χ4n) is 4.16. The summed E-state index contributed by atoms with van der Waals surface area (Å²) in [4.78, 5) is 28.3. The predicted molar refractivity (Wildman–Crippen MR) is 117 cm³/mol. The van der Waals surface area contributed by atoms with E-state index in [4.69, 9.17) is 14.7 Å². The zero-order valence-corrected chi connectivity index (χ0v) is 16.9. The highest BCUT2D eigenvalue weighted by Gasteiger charge is 2.25. The lowest BCUT2D eigenvalue weighted by Crippen LogP contribution is -2.44. The Balaban J connectivity index is 1.63. The molecule has 1 N–H and O–H groups in total. The Bertz CT molecular complexity index is 1380. The minimum Gasteiger partial charge on any atom is -0.377 e. The van der Waals surface area contributed by atoms with Gasteiger partial charge in [-0.1, -0.05) is 0 Å². The molecule has 1 saturated heterocycles. The number of nitrogens with zero attached hydrogens (tertiary/aromatic N) is 7. The van der Waals surface area contributed by atoms with Crippen LogP contribution >= 0.6 is 0 Å². The quantitative estimate of drug-likeness (QED) is 0.486. The van der Waals surface area contributed by atoms with Gasteiger partial charge in [0, 0.05) is 36.1 Å². The highest BCUT2D eigenvalue weighted by atomic mass is 16.5. The fourth-order valence-corrected chi connectivity index (χ4v) is 4.16. The Labute approximate surface area is 177 Å². The molecule has 0 bridgehead atoms. The molecule has 1 unspecified atom stereocenters. The van der Waals surface area contributed by atoms with E-state index in [1.165, 1.54) is 6.33 Å². The Morgan fingerprint density at radius 2 is 2.00 bits per heavy atom. The molecule has 0 saturated carbocycles. The SMILES string of the molecule is CC1COCCN1c1nc(-c2ccnc3[nH]ccc23)nc2c1ccn2-c1cncnc1. The van der Waals surface area contributed by atoms with Crippen molar-refractivity contribution in [3.05, 3.63) is 55.5 Å². The molecule has 0 aliphatic carbocycles. The highest BCUT2D eigenvalue weighted by Crippen LogP contribution is 2.33. The maximum absolute atomic E-state index is 5.66. The Kier molecular flexibility index (Phi) is 4.13. The van der Waals surface area contributed by atoms with Crippen LogP contribution in [0.25, 0.3) is 39.1 Å². The summed E-state index contributed by atoms with van der Waals surface area (Å²) in [5.41, 5.74) is 3.42. The lowest BCUT2D eigenvalue weighted by Gasteiger charge is -2.34. The van der Waals surface area contributed by atoms with Crippen molar-refractivity contribution in [2.75, 3.05) is 24.7 Å². The Morgan fingerprint density at radius 1 is 1.10 bits per heavy atom. The van der Waals surface area contributed by atoms with Gasteiger partial charge < -0.3 is 14.6 Å². The van der Waals surface area contributed by atoms with Gasteiger partial charge in [-0.3, -0.25) is 4.57 Å². The van der Waals surface area contributed by atoms with Crippen LogP contribution in [0.4, 0.5) is 5.82 Å². The molecule has 9 heteroatoms. The zero-order chi connectivity index (χ0) is 20.8. The number of hydrogen-bond acceptors (Lipinski definition) is 7. The van der Waals surface area contributed by atoms with Crippen molar-refractivity contribution in [2.24, 2.45) is 0 Å². The number of H-pyrrole nitrogens is 1. The number of ether oxygens (including phenoxy) is 1. The van der Waals surface area contributed by atoms with E-state index in [-0.39, 0.29) is 6.04 Å². The Morgan fingerprint density at radius 3 is 2.87 bits per heavy atom. The van der Waals surface area contributed by atoms with Gasteiger partial charge in [-0.2, -0.15) is 0 Å². The molecule has 0 amide bonds. The van der Waals surface area contributed by atoms with Gasteiger partial charge in [-0.15, -0.1) is 0 Å². The second kappa shape index (κ2) is 7.13. The molecule has 0 spiro atoms. The van der Waals surface area contributed by atoms with Crippen LogP contribution in [0, 0.1) is 0 Å². The lowest BCUT2D eigenvalue weighted by atomic mass is 10.1. The van der Waals surface area contributed by atoms with Crippen LogP contribution in [0.3, 0.4) is 0 Å². The van der Waals surface area contributed by atoms with Crippen LogP contribution in [0.5, 0.6) is 0 Å². The molecule has 5 aromatic rings. The van der Waals surface area contributed by atoms with E-state index in [1.807, 2.05) is 29.1 Å².